The van der Waals surface area contributed by atoms with Crippen molar-refractivity contribution in [1.29, 1.82) is 0 Å². The molecular weight excluding hydrogens is 326 g/mol. The molecule has 1 saturated carbocycles. The second-order valence-electron chi connectivity index (χ2n) is 8.77. The molecule has 142 valence electrons. The standard InChI is InChI=1S/C22H31NO3/c1-14(2)22(25)12-11-21(4)10-9-15(3)13-18(19(21)22)26-20(24)16-7-5-6-8-17(16)23/h5-9,14,18-19,25H,10-13,23H2,1-4H3/t18-,19+,21-,22+/m0/s1. The van der Waals surface area contributed by atoms with Gasteiger partial charge < -0.3 is 15.6 Å². The first-order chi connectivity index (χ1) is 12.2. The van der Waals surface area contributed by atoms with Crippen LogP contribution in [0.15, 0.2) is 35.9 Å². The second kappa shape index (κ2) is 6.73. The number of hydrogen-bond donors (Lipinski definition) is 2. The van der Waals surface area contributed by atoms with Crippen molar-refractivity contribution in [2.45, 2.75) is 65.1 Å². The third kappa shape index (κ3) is 3.16. The average molecular weight is 357 g/mol. The fraction of sp³-hybridized carbons (Fsp3) is 0.591. The van der Waals surface area contributed by atoms with Gasteiger partial charge >= 0.3 is 5.97 Å². The van der Waals surface area contributed by atoms with Crippen LogP contribution in [0.4, 0.5) is 5.69 Å². The summed E-state index contributed by atoms with van der Waals surface area (Å²) < 4.78 is 6.01. The highest BCUT2D eigenvalue weighted by atomic mass is 16.5. The number of ether oxygens (including phenoxy) is 1. The number of hydrogen-bond acceptors (Lipinski definition) is 4. The highest BCUT2D eigenvalue weighted by molar-refractivity contribution is 5.95. The molecule has 2 aliphatic rings. The van der Waals surface area contributed by atoms with Crippen LogP contribution in [0.25, 0.3) is 0 Å². The first-order valence-electron chi connectivity index (χ1n) is 9.61. The minimum Gasteiger partial charge on any atom is -0.458 e. The Morgan fingerprint density at radius 3 is 2.65 bits per heavy atom. The summed E-state index contributed by atoms with van der Waals surface area (Å²) in [4.78, 5) is 12.8. The average Bonchev–Trinajstić information content (AvgIpc) is 2.78. The van der Waals surface area contributed by atoms with Gasteiger partial charge in [-0.05, 0) is 49.7 Å². The lowest BCUT2D eigenvalue weighted by molar-refractivity contribution is -0.112. The molecule has 0 unspecified atom stereocenters. The number of carbonyl (C=O) groups is 1. The molecule has 1 aromatic carbocycles. The van der Waals surface area contributed by atoms with E-state index in [-0.39, 0.29) is 23.4 Å². The van der Waals surface area contributed by atoms with Crippen LogP contribution in [0, 0.1) is 17.3 Å². The largest absolute Gasteiger partial charge is 0.458 e. The number of carbonyl (C=O) groups excluding carboxylic acids is 1. The fourth-order valence-corrected chi connectivity index (χ4v) is 4.97. The number of aliphatic hydroxyl groups is 1. The lowest BCUT2D eigenvalue weighted by Crippen LogP contribution is -2.50. The van der Waals surface area contributed by atoms with Crippen molar-refractivity contribution in [2.24, 2.45) is 17.3 Å². The molecule has 0 radical (unpaired) electrons. The molecule has 3 rings (SSSR count). The number of anilines is 1. The molecule has 0 bridgehead atoms. The highest BCUT2D eigenvalue weighted by Gasteiger charge is 2.59. The lowest BCUT2D eigenvalue weighted by Gasteiger charge is -2.43. The highest BCUT2D eigenvalue weighted by Crippen LogP contribution is 2.58. The van der Waals surface area contributed by atoms with Gasteiger partial charge in [-0.3, -0.25) is 0 Å². The number of benzene rings is 1. The van der Waals surface area contributed by atoms with E-state index in [2.05, 4.69) is 33.8 Å². The maximum absolute atomic E-state index is 12.8. The smallest absolute Gasteiger partial charge is 0.340 e. The van der Waals surface area contributed by atoms with E-state index in [0.717, 1.165) is 19.3 Å². The van der Waals surface area contributed by atoms with Gasteiger partial charge in [-0.25, -0.2) is 4.79 Å². The van der Waals surface area contributed by atoms with Gasteiger partial charge in [0.25, 0.3) is 0 Å². The van der Waals surface area contributed by atoms with E-state index < -0.39 is 11.6 Å². The summed E-state index contributed by atoms with van der Waals surface area (Å²) in [6, 6.07) is 6.99. The first kappa shape index (κ1) is 19.0. The van der Waals surface area contributed by atoms with E-state index in [4.69, 9.17) is 10.5 Å². The Morgan fingerprint density at radius 2 is 2.00 bits per heavy atom. The minimum atomic E-state index is -0.819. The predicted octanol–water partition coefficient (Wildman–Crippen LogP) is 4.34. The van der Waals surface area contributed by atoms with Crippen molar-refractivity contribution in [3.8, 4) is 0 Å². The van der Waals surface area contributed by atoms with Crippen LogP contribution in [0.5, 0.6) is 0 Å². The summed E-state index contributed by atoms with van der Waals surface area (Å²) in [5, 5.41) is 11.5. The number of esters is 1. The number of allylic oxidation sites excluding steroid dienone is 1. The summed E-state index contributed by atoms with van der Waals surface area (Å²) in [7, 11) is 0. The van der Waals surface area contributed by atoms with Crippen molar-refractivity contribution in [3.05, 3.63) is 41.5 Å². The van der Waals surface area contributed by atoms with Crippen LogP contribution in [0.3, 0.4) is 0 Å². The van der Waals surface area contributed by atoms with Crippen LogP contribution in [-0.4, -0.2) is 22.8 Å². The minimum absolute atomic E-state index is 0.0655. The Bertz CT molecular complexity index is 726. The number of rotatable bonds is 3. The molecular formula is C22H31NO3. The predicted molar refractivity (Wildman–Crippen MR) is 104 cm³/mol. The third-order valence-corrected chi connectivity index (χ3v) is 6.64. The van der Waals surface area contributed by atoms with Gasteiger partial charge in [-0.15, -0.1) is 0 Å². The zero-order valence-electron chi connectivity index (χ0n) is 16.3. The number of nitrogens with two attached hydrogens (primary N) is 1. The van der Waals surface area contributed by atoms with Crippen LogP contribution < -0.4 is 5.73 Å². The zero-order chi connectivity index (χ0) is 19.1. The van der Waals surface area contributed by atoms with E-state index in [9.17, 15) is 9.90 Å². The quantitative estimate of drug-likeness (QED) is 0.479. The molecule has 4 atom stereocenters. The molecule has 0 aromatic heterocycles. The summed E-state index contributed by atoms with van der Waals surface area (Å²) in [5.41, 5.74) is 7.10. The maximum atomic E-state index is 12.8. The Balaban J connectivity index is 1.96. The summed E-state index contributed by atoms with van der Waals surface area (Å²) in [6.07, 6.45) is 5.18. The number of nitrogen functional groups attached to an aromatic ring is 1. The van der Waals surface area contributed by atoms with Gasteiger partial charge in [0.05, 0.1) is 11.2 Å². The monoisotopic (exact) mass is 357 g/mol. The van der Waals surface area contributed by atoms with Crippen LogP contribution in [-0.2, 0) is 4.74 Å². The van der Waals surface area contributed by atoms with Gasteiger partial charge in [0.1, 0.15) is 6.10 Å². The Hall–Kier alpha value is -1.81. The third-order valence-electron chi connectivity index (χ3n) is 6.64. The van der Waals surface area contributed by atoms with Crippen molar-refractivity contribution < 1.29 is 14.6 Å². The van der Waals surface area contributed by atoms with Crippen molar-refractivity contribution in [3.63, 3.8) is 0 Å². The molecule has 1 fully saturated rings. The van der Waals surface area contributed by atoms with Gasteiger partial charge in [0.15, 0.2) is 0 Å². The van der Waals surface area contributed by atoms with E-state index in [1.807, 2.05) is 0 Å². The molecule has 26 heavy (non-hydrogen) atoms. The normalized spacial score (nSPS) is 34.2. The Labute approximate surface area is 156 Å². The first-order valence-corrected chi connectivity index (χ1v) is 9.61. The van der Waals surface area contributed by atoms with Gasteiger partial charge in [-0.1, -0.05) is 44.6 Å². The number of para-hydroxylation sites is 1. The van der Waals surface area contributed by atoms with E-state index in [1.54, 1.807) is 24.3 Å². The van der Waals surface area contributed by atoms with Gasteiger partial charge in [-0.2, -0.15) is 0 Å². The molecule has 0 aliphatic heterocycles. The molecule has 1 aromatic rings. The van der Waals surface area contributed by atoms with E-state index >= 15 is 0 Å². The molecule has 4 heteroatoms. The molecule has 0 spiro atoms. The summed E-state index contributed by atoms with van der Waals surface area (Å²) in [5.74, 6) is -0.378. The van der Waals surface area contributed by atoms with Crippen LogP contribution >= 0.6 is 0 Å². The van der Waals surface area contributed by atoms with Crippen molar-refractivity contribution in [2.75, 3.05) is 5.73 Å². The van der Waals surface area contributed by atoms with Gasteiger partial charge in [0, 0.05) is 18.0 Å². The van der Waals surface area contributed by atoms with Gasteiger partial charge in [0.2, 0.25) is 0 Å². The number of fused-ring (bicyclic) bond motifs is 1. The fourth-order valence-electron chi connectivity index (χ4n) is 4.97. The summed E-state index contributed by atoms with van der Waals surface area (Å²) >= 11 is 0. The second-order valence-corrected chi connectivity index (χ2v) is 8.77. The molecule has 3 N–H and O–H groups in total. The maximum Gasteiger partial charge on any atom is 0.340 e. The molecule has 0 heterocycles. The van der Waals surface area contributed by atoms with E-state index in [0.29, 0.717) is 17.7 Å². The van der Waals surface area contributed by atoms with Crippen molar-refractivity contribution in [1.82, 2.24) is 0 Å². The van der Waals surface area contributed by atoms with E-state index in [1.165, 1.54) is 5.57 Å². The molecule has 4 nitrogen and oxygen atoms in total. The zero-order valence-corrected chi connectivity index (χ0v) is 16.3. The molecule has 0 amide bonds. The van der Waals surface area contributed by atoms with Crippen LogP contribution in [0.2, 0.25) is 0 Å². The molecule has 0 saturated heterocycles. The van der Waals surface area contributed by atoms with Crippen molar-refractivity contribution >= 4 is 11.7 Å². The van der Waals surface area contributed by atoms with Crippen LogP contribution in [0.1, 0.15) is 63.7 Å². The topological polar surface area (TPSA) is 72.5 Å². The Kier molecular flexibility index (Phi) is 4.91. The molecule has 2 aliphatic carbocycles. The Morgan fingerprint density at radius 1 is 1.31 bits per heavy atom. The SMILES string of the molecule is CC1=CC[C@@]2(C)CC[C@@](O)(C(C)C)[C@@H]2[C@@H](OC(=O)c2ccccc2N)C1. The summed E-state index contributed by atoms with van der Waals surface area (Å²) in [6.45, 7) is 8.43. The lowest BCUT2D eigenvalue weighted by atomic mass is 9.67.